The minimum atomic E-state index is 0.620. The fourth-order valence-corrected chi connectivity index (χ4v) is 2.04. The Balaban J connectivity index is 2.01. The first kappa shape index (κ1) is 13.0. The van der Waals surface area contributed by atoms with Crippen LogP contribution in [0.15, 0.2) is 0 Å². The van der Waals surface area contributed by atoms with Crippen molar-refractivity contribution < 1.29 is 0 Å². The standard InChI is InChI=1S/C13H28N2/c1-5-15(6-2)11-7-10-14-12(3)13(4)8-9-13/h12,14H,5-11H2,1-4H3. The van der Waals surface area contributed by atoms with Gasteiger partial charge in [-0.1, -0.05) is 20.8 Å². The normalized spacial score (nSPS) is 20.6. The molecule has 15 heavy (non-hydrogen) atoms. The van der Waals surface area contributed by atoms with E-state index in [1.165, 1.54) is 45.4 Å². The molecule has 90 valence electrons. The van der Waals surface area contributed by atoms with Crippen LogP contribution in [0.3, 0.4) is 0 Å². The molecule has 0 aromatic heterocycles. The van der Waals surface area contributed by atoms with Gasteiger partial charge in [-0.15, -0.1) is 0 Å². The third-order valence-electron chi connectivity index (χ3n) is 4.08. The highest BCUT2D eigenvalue weighted by Crippen LogP contribution is 2.47. The second kappa shape index (κ2) is 5.86. The molecule has 0 spiro atoms. The van der Waals surface area contributed by atoms with Gasteiger partial charge in [0.05, 0.1) is 0 Å². The second-order valence-electron chi connectivity index (χ2n) is 5.21. The van der Waals surface area contributed by atoms with E-state index in [9.17, 15) is 0 Å². The number of nitrogens with one attached hydrogen (secondary N) is 1. The van der Waals surface area contributed by atoms with Crippen LogP contribution in [0, 0.1) is 5.41 Å². The van der Waals surface area contributed by atoms with Gasteiger partial charge in [0, 0.05) is 6.04 Å². The van der Waals surface area contributed by atoms with E-state index in [4.69, 9.17) is 0 Å². The maximum atomic E-state index is 3.66. The van der Waals surface area contributed by atoms with Crippen molar-refractivity contribution in [1.82, 2.24) is 10.2 Å². The van der Waals surface area contributed by atoms with Gasteiger partial charge in [0.15, 0.2) is 0 Å². The summed E-state index contributed by atoms with van der Waals surface area (Å²) < 4.78 is 0. The van der Waals surface area contributed by atoms with Crippen LogP contribution in [-0.2, 0) is 0 Å². The highest BCUT2D eigenvalue weighted by molar-refractivity contribution is 4.96. The minimum Gasteiger partial charge on any atom is -0.314 e. The lowest BCUT2D eigenvalue weighted by molar-refractivity contribution is 0.290. The Bertz CT molecular complexity index is 171. The lowest BCUT2D eigenvalue weighted by Gasteiger charge is -2.22. The van der Waals surface area contributed by atoms with Crippen LogP contribution in [0.5, 0.6) is 0 Å². The lowest BCUT2D eigenvalue weighted by Crippen LogP contribution is -2.35. The molecule has 1 rings (SSSR count). The van der Waals surface area contributed by atoms with E-state index in [2.05, 4.69) is 37.9 Å². The maximum Gasteiger partial charge on any atom is 0.00925 e. The molecule has 1 fully saturated rings. The molecular weight excluding hydrogens is 184 g/mol. The summed E-state index contributed by atoms with van der Waals surface area (Å²) in [5, 5.41) is 3.66. The summed E-state index contributed by atoms with van der Waals surface area (Å²) in [6.45, 7) is 14.0. The predicted molar refractivity (Wildman–Crippen MR) is 67.2 cm³/mol. The Hall–Kier alpha value is -0.0800. The van der Waals surface area contributed by atoms with E-state index in [0.717, 1.165) is 0 Å². The highest BCUT2D eigenvalue weighted by Gasteiger charge is 2.41. The first-order valence-electron chi connectivity index (χ1n) is 6.58. The van der Waals surface area contributed by atoms with Crippen LogP contribution < -0.4 is 5.32 Å². The van der Waals surface area contributed by atoms with Crippen molar-refractivity contribution in [3.05, 3.63) is 0 Å². The minimum absolute atomic E-state index is 0.620. The summed E-state index contributed by atoms with van der Waals surface area (Å²) in [5.74, 6) is 0. The number of rotatable bonds is 8. The summed E-state index contributed by atoms with van der Waals surface area (Å²) in [5.41, 5.74) is 0.620. The van der Waals surface area contributed by atoms with Gasteiger partial charge >= 0.3 is 0 Å². The molecule has 1 aliphatic rings. The molecule has 1 saturated carbocycles. The van der Waals surface area contributed by atoms with Crippen molar-refractivity contribution in [1.29, 1.82) is 0 Å². The zero-order valence-electron chi connectivity index (χ0n) is 11.0. The second-order valence-corrected chi connectivity index (χ2v) is 5.21. The van der Waals surface area contributed by atoms with E-state index >= 15 is 0 Å². The predicted octanol–water partition coefficient (Wildman–Crippen LogP) is 2.50. The van der Waals surface area contributed by atoms with Gasteiger partial charge in [-0.2, -0.15) is 0 Å². The Morgan fingerprint density at radius 2 is 1.87 bits per heavy atom. The van der Waals surface area contributed by atoms with Gasteiger partial charge in [0.1, 0.15) is 0 Å². The van der Waals surface area contributed by atoms with Crippen LogP contribution >= 0.6 is 0 Å². The number of hydrogen-bond acceptors (Lipinski definition) is 2. The molecular formula is C13H28N2. The van der Waals surface area contributed by atoms with Gasteiger partial charge < -0.3 is 10.2 Å². The van der Waals surface area contributed by atoms with Gasteiger partial charge in [-0.05, 0) is 57.8 Å². The smallest absolute Gasteiger partial charge is 0.00925 e. The van der Waals surface area contributed by atoms with Crippen molar-refractivity contribution >= 4 is 0 Å². The van der Waals surface area contributed by atoms with Crippen molar-refractivity contribution in [3.8, 4) is 0 Å². The monoisotopic (exact) mass is 212 g/mol. The first-order chi connectivity index (χ1) is 7.12. The number of hydrogen-bond donors (Lipinski definition) is 1. The van der Waals surface area contributed by atoms with Crippen molar-refractivity contribution in [2.24, 2.45) is 5.41 Å². The molecule has 1 N–H and O–H groups in total. The molecule has 1 unspecified atom stereocenters. The SMILES string of the molecule is CCN(CC)CCCNC(C)C1(C)CC1. The molecule has 0 heterocycles. The summed E-state index contributed by atoms with van der Waals surface area (Å²) in [7, 11) is 0. The molecule has 0 aromatic carbocycles. The fraction of sp³-hybridized carbons (Fsp3) is 1.00. The Morgan fingerprint density at radius 1 is 1.27 bits per heavy atom. The third kappa shape index (κ3) is 4.12. The molecule has 2 nitrogen and oxygen atoms in total. The molecule has 0 bridgehead atoms. The molecule has 0 aliphatic heterocycles. The largest absolute Gasteiger partial charge is 0.314 e. The Kier molecular flexibility index (Phi) is 5.07. The van der Waals surface area contributed by atoms with E-state index in [-0.39, 0.29) is 0 Å². The fourth-order valence-electron chi connectivity index (χ4n) is 2.04. The summed E-state index contributed by atoms with van der Waals surface area (Å²) in [6.07, 6.45) is 4.11. The molecule has 0 radical (unpaired) electrons. The summed E-state index contributed by atoms with van der Waals surface area (Å²) in [6, 6.07) is 0.703. The van der Waals surface area contributed by atoms with Crippen molar-refractivity contribution in [2.45, 2.75) is 53.0 Å². The average Bonchev–Trinajstić information content (AvgIpc) is 2.98. The van der Waals surface area contributed by atoms with Gasteiger partial charge in [0.2, 0.25) is 0 Å². The maximum absolute atomic E-state index is 3.66. The average molecular weight is 212 g/mol. The molecule has 0 saturated heterocycles. The van der Waals surface area contributed by atoms with Crippen LogP contribution in [0.2, 0.25) is 0 Å². The zero-order valence-corrected chi connectivity index (χ0v) is 11.0. The molecule has 1 atom stereocenters. The number of nitrogens with zero attached hydrogens (tertiary/aromatic N) is 1. The molecule has 2 heteroatoms. The van der Waals surface area contributed by atoms with E-state index in [1.54, 1.807) is 0 Å². The molecule has 0 aromatic rings. The van der Waals surface area contributed by atoms with Crippen molar-refractivity contribution in [2.75, 3.05) is 26.2 Å². The van der Waals surface area contributed by atoms with E-state index in [1.807, 2.05) is 0 Å². The van der Waals surface area contributed by atoms with Gasteiger partial charge in [-0.3, -0.25) is 0 Å². The van der Waals surface area contributed by atoms with Crippen LogP contribution in [0.1, 0.15) is 47.0 Å². The zero-order chi connectivity index (χ0) is 11.3. The van der Waals surface area contributed by atoms with Crippen LogP contribution in [0.25, 0.3) is 0 Å². The van der Waals surface area contributed by atoms with Crippen LogP contribution in [-0.4, -0.2) is 37.1 Å². The summed E-state index contributed by atoms with van der Waals surface area (Å²) in [4.78, 5) is 2.49. The third-order valence-corrected chi connectivity index (χ3v) is 4.08. The molecule has 1 aliphatic carbocycles. The Morgan fingerprint density at radius 3 is 2.33 bits per heavy atom. The van der Waals surface area contributed by atoms with Crippen LogP contribution in [0.4, 0.5) is 0 Å². The van der Waals surface area contributed by atoms with E-state index < -0.39 is 0 Å². The van der Waals surface area contributed by atoms with Crippen molar-refractivity contribution in [3.63, 3.8) is 0 Å². The summed E-state index contributed by atoms with van der Waals surface area (Å²) >= 11 is 0. The molecule has 0 amide bonds. The topological polar surface area (TPSA) is 15.3 Å². The quantitative estimate of drug-likeness (QED) is 0.622. The first-order valence-corrected chi connectivity index (χ1v) is 6.58. The van der Waals surface area contributed by atoms with Gasteiger partial charge in [-0.25, -0.2) is 0 Å². The lowest BCUT2D eigenvalue weighted by atomic mass is 10.0. The highest BCUT2D eigenvalue weighted by atomic mass is 15.1. The van der Waals surface area contributed by atoms with E-state index in [0.29, 0.717) is 11.5 Å². The van der Waals surface area contributed by atoms with Gasteiger partial charge in [0.25, 0.3) is 0 Å². The Labute approximate surface area is 95.4 Å².